The maximum absolute atomic E-state index is 13.1. The summed E-state index contributed by atoms with van der Waals surface area (Å²) in [6, 6.07) is 13.0. The molecule has 0 spiro atoms. The molecule has 7 nitrogen and oxygen atoms in total. The lowest BCUT2D eigenvalue weighted by molar-refractivity contribution is -0.126. The zero-order valence-electron chi connectivity index (χ0n) is 20.1. The van der Waals surface area contributed by atoms with Gasteiger partial charge >= 0.3 is 0 Å². The summed E-state index contributed by atoms with van der Waals surface area (Å²) in [4.78, 5) is 17.3. The Labute approximate surface area is 211 Å². The Morgan fingerprint density at radius 2 is 1.86 bits per heavy atom. The van der Waals surface area contributed by atoms with Crippen molar-refractivity contribution in [2.24, 2.45) is 5.92 Å². The fourth-order valence-corrected chi connectivity index (χ4v) is 6.37. The van der Waals surface area contributed by atoms with Crippen molar-refractivity contribution in [1.29, 1.82) is 0 Å². The van der Waals surface area contributed by atoms with Gasteiger partial charge < -0.3 is 10.6 Å². The first-order chi connectivity index (χ1) is 16.8. The molecule has 2 heterocycles. The molecule has 9 heteroatoms. The molecule has 2 N–H and O–H groups in total. The van der Waals surface area contributed by atoms with Gasteiger partial charge in [0.25, 0.3) is 0 Å². The summed E-state index contributed by atoms with van der Waals surface area (Å²) >= 11 is 6.05. The van der Waals surface area contributed by atoms with E-state index in [9.17, 15) is 13.2 Å². The standard InChI is InChI=1S/C26H31ClN4O3S/c1-18-4-5-19(2)25(16-18)35(33,34)31-14-9-20(10-15-31)26(32)30-12-3-11-28-23-8-13-29-24-17-21(27)6-7-22(23)24/h4-8,13,16-17,20H,3,9-12,14-15H2,1-2H3,(H,28,29)(H,30,32). The van der Waals surface area contributed by atoms with Crippen LogP contribution in [0.25, 0.3) is 10.9 Å². The summed E-state index contributed by atoms with van der Waals surface area (Å²) < 4.78 is 27.7. The monoisotopic (exact) mass is 514 g/mol. The zero-order chi connectivity index (χ0) is 25.0. The number of anilines is 1. The second kappa shape index (κ2) is 10.9. The molecule has 1 aliphatic heterocycles. The van der Waals surface area contributed by atoms with E-state index < -0.39 is 10.0 Å². The summed E-state index contributed by atoms with van der Waals surface area (Å²) in [5, 5.41) is 8.06. The van der Waals surface area contributed by atoms with Crippen LogP contribution in [0, 0.1) is 19.8 Å². The summed E-state index contributed by atoms with van der Waals surface area (Å²) in [6.45, 7) is 5.67. The molecule has 1 saturated heterocycles. The number of nitrogens with one attached hydrogen (secondary N) is 2. The third-order valence-corrected chi connectivity index (χ3v) is 8.73. The highest BCUT2D eigenvalue weighted by Gasteiger charge is 2.32. The van der Waals surface area contributed by atoms with Crippen LogP contribution in [0.5, 0.6) is 0 Å². The third-order valence-electron chi connectivity index (χ3n) is 6.46. The lowest BCUT2D eigenvalue weighted by Crippen LogP contribution is -2.43. The quantitative estimate of drug-likeness (QED) is 0.431. The smallest absolute Gasteiger partial charge is 0.243 e. The van der Waals surface area contributed by atoms with Crippen molar-refractivity contribution < 1.29 is 13.2 Å². The number of carbonyl (C=O) groups excluding carboxylic acids is 1. The van der Waals surface area contributed by atoms with Gasteiger partial charge in [-0.25, -0.2) is 8.42 Å². The van der Waals surface area contributed by atoms with Crippen LogP contribution in [0.4, 0.5) is 5.69 Å². The van der Waals surface area contributed by atoms with Crippen LogP contribution in [0.2, 0.25) is 5.02 Å². The van der Waals surface area contributed by atoms with E-state index in [1.54, 1.807) is 12.3 Å². The number of benzene rings is 2. The van der Waals surface area contributed by atoms with Crippen LogP contribution >= 0.6 is 11.6 Å². The Morgan fingerprint density at radius 3 is 2.63 bits per heavy atom. The molecule has 3 aromatic rings. The average Bonchev–Trinajstić information content (AvgIpc) is 2.85. The van der Waals surface area contributed by atoms with Crippen molar-refractivity contribution in [2.45, 2.75) is 38.0 Å². The molecule has 0 saturated carbocycles. The number of hydrogen-bond acceptors (Lipinski definition) is 5. The van der Waals surface area contributed by atoms with E-state index >= 15 is 0 Å². The van der Waals surface area contributed by atoms with Crippen molar-refractivity contribution in [3.05, 3.63) is 64.8 Å². The Balaban J connectivity index is 1.22. The first-order valence-corrected chi connectivity index (χ1v) is 13.7. The van der Waals surface area contributed by atoms with Gasteiger partial charge in [-0.2, -0.15) is 4.31 Å². The molecule has 1 amide bonds. The van der Waals surface area contributed by atoms with Crippen molar-refractivity contribution in [1.82, 2.24) is 14.6 Å². The number of rotatable bonds is 8. The third kappa shape index (κ3) is 5.94. The topological polar surface area (TPSA) is 91.4 Å². The molecule has 1 aliphatic rings. The number of carbonyl (C=O) groups is 1. The Morgan fingerprint density at radius 1 is 1.09 bits per heavy atom. The minimum Gasteiger partial charge on any atom is -0.384 e. The Bertz CT molecular complexity index is 1320. The van der Waals surface area contributed by atoms with Crippen LogP contribution in [0.3, 0.4) is 0 Å². The second-order valence-electron chi connectivity index (χ2n) is 9.04. The van der Waals surface area contributed by atoms with Crippen molar-refractivity contribution in [3.8, 4) is 0 Å². The Hall–Kier alpha value is -2.68. The molecule has 1 aromatic heterocycles. The minimum atomic E-state index is -3.55. The number of nitrogens with zero attached hydrogens (tertiary/aromatic N) is 2. The van der Waals surface area contributed by atoms with E-state index in [1.807, 2.05) is 50.2 Å². The largest absolute Gasteiger partial charge is 0.384 e. The molecule has 0 unspecified atom stereocenters. The van der Waals surface area contributed by atoms with Gasteiger partial charge in [-0.05, 0) is 74.6 Å². The van der Waals surface area contributed by atoms with Crippen LogP contribution < -0.4 is 10.6 Å². The van der Waals surface area contributed by atoms with Crippen molar-refractivity contribution in [3.63, 3.8) is 0 Å². The van der Waals surface area contributed by atoms with Gasteiger partial charge in [0.2, 0.25) is 15.9 Å². The number of aryl methyl sites for hydroxylation is 2. The number of amides is 1. The number of halogens is 1. The molecule has 2 aromatic carbocycles. The van der Waals surface area contributed by atoms with E-state index in [1.165, 1.54) is 4.31 Å². The number of sulfonamides is 1. The molecule has 0 aliphatic carbocycles. The molecule has 1 fully saturated rings. The van der Waals surface area contributed by atoms with Gasteiger partial charge in [0.1, 0.15) is 0 Å². The number of fused-ring (bicyclic) bond motifs is 1. The van der Waals surface area contributed by atoms with Gasteiger partial charge in [-0.15, -0.1) is 0 Å². The van der Waals surface area contributed by atoms with Crippen LogP contribution in [0.1, 0.15) is 30.4 Å². The molecular formula is C26H31ClN4O3S. The van der Waals surface area contributed by atoms with E-state index in [0.717, 1.165) is 34.1 Å². The maximum Gasteiger partial charge on any atom is 0.243 e. The van der Waals surface area contributed by atoms with Gasteiger partial charge in [0, 0.05) is 54.4 Å². The average molecular weight is 515 g/mol. The van der Waals surface area contributed by atoms with E-state index in [4.69, 9.17) is 11.6 Å². The van der Waals surface area contributed by atoms with Crippen LogP contribution in [-0.4, -0.2) is 49.8 Å². The first-order valence-electron chi connectivity index (χ1n) is 11.9. The van der Waals surface area contributed by atoms with Gasteiger partial charge in [-0.1, -0.05) is 23.7 Å². The van der Waals surface area contributed by atoms with Crippen molar-refractivity contribution in [2.75, 3.05) is 31.5 Å². The number of aromatic nitrogens is 1. The van der Waals surface area contributed by atoms with Gasteiger partial charge in [-0.3, -0.25) is 9.78 Å². The normalized spacial score (nSPS) is 15.3. The zero-order valence-corrected chi connectivity index (χ0v) is 21.6. The molecule has 186 valence electrons. The highest BCUT2D eigenvalue weighted by atomic mass is 35.5. The fourth-order valence-electron chi connectivity index (χ4n) is 4.43. The lowest BCUT2D eigenvalue weighted by atomic mass is 9.97. The Kier molecular flexibility index (Phi) is 7.94. The number of pyridine rings is 1. The molecule has 0 atom stereocenters. The maximum atomic E-state index is 13.1. The van der Waals surface area contributed by atoms with E-state index in [-0.39, 0.29) is 11.8 Å². The van der Waals surface area contributed by atoms with Crippen LogP contribution in [-0.2, 0) is 14.8 Å². The predicted molar refractivity (Wildman–Crippen MR) is 140 cm³/mol. The lowest BCUT2D eigenvalue weighted by Gasteiger charge is -2.31. The molecule has 0 bridgehead atoms. The second-order valence-corrected chi connectivity index (χ2v) is 11.4. The van der Waals surface area contributed by atoms with E-state index in [2.05, 4.69) is 15.6 Å². The van der Waals surface area contributed by atoms with E-state index in [0.29, 0.717) is 48.9 Å². The first kappa shape index (κ1) is 25.4. The van der Waals surface area contributed by atoms with Gasteiger partial charge in [0.05, 0.1) is 10.4 Å². The number of hydrogen-bond donors (Lipinski definition) is 2. The SMILES string of the molecule is Cc1ccc(C)c(S(=O)(=O)N2CCC(C(=O)NCCCNc3ccnc4cc(Cl)ccc34)CC2)c1. The molecular weight excluding hydrogens is 484 g/mol. The molecule has 4 rings (SSSR count). The summed E-state index contributed by atoms with van der Waals surface area (Å²) in [5.41, 5.74) is 3.48. The highest BCUT2D eigenvalue weighted by molar-refractivity contribution is 7.89. The minimum absolute atomic E-state index is 0.00205. The highest BCUT2D eigenvalue weighted by Crippen LogP contribution is 2.27. The summed E-state index contributed by atoms with van der Waals surface area (Å²) in [5.74, 6) is -0.167. The summed E-state index contributed by atoms with van der Waals surface area (Å²) in [7, 11) is -3.55. The summed E-state index contributed by atoms with van der Waals surface area (Å²) in [6.07, 6.45) is 3.57. The van der Waals surface area contributed by atoms with Gasteiger partial charge in [0.15, 0.2) is 0 Å². The number of piperidine rings is 1. The fraction of sp³-hybridized carbons (Fsp3) is 0.385. The predicted octanol–water partition coefficient (Wildman–Crippen LogP) is 4.52. The van der Waals surface area contributed by atoms with Crippen molar-refractivity contribution >= 4 is 44.1 Å². The molecule has 35 heavy (non-hydrogen) atoms. The van der Waals surface area contributed by atoms with Crippen LogP contribution in [0.15, 0.2) is 53.6 Å². The molecule has 0 radical (unpaired) electrons.